The van der Waals surface area contributed by atoms with E-state index in [1.165, 1.54) is 0 Å². The zero-order valence-electron chi connectivity index (χ0n) is 12.5. The molecule has 0 aromatic heterocycles. The summed E-state index contributed by atoms with van der Waals surface area (Å²) in [5, 5.41) is 2.87. The van der Waals surface area contributed by atoms with Crippen molar-refractivity contribution in [3.63, 3.8) is 0 Å². The Morgan fingerprint density at radius 3 is 2.50 bits per heavy atom. The Morgan fingerprint density at radius 1 is 1.18 bits per heavy atom. The molecule has 5 heteroatoms. The minimum absolute atomic E-state index is 0.161. The van der Waals surface area contributed by atoms with Crippen molar-refractivity contribution in [2.45, 2.75) is 19.4 Å². The first-order valence-corrected chi connectivity index (χ1v) is 8.07. The van der Waals surface area contributed by atoms with E-state index < -0.39 is 6.10 Å². The number of anilines is 1. The molecule has 0 fully saturated rings. The molecule has 0 radical (unpaired) electrons. The summed E-state index contributed by atoms with van der Waals surface area (Å²) >= 11 is 2.22. The Labute approximate surface area is 144 Å². The van der Waals surface area contributed by atoms with Crippen LogP contribution in [0.2, 0.25) is 0 Å². The molecule has 0 saturated heterocycles. The van der Waals surface area contributed by atoms with Crippen molar-refractivity contribution < 1.29 is 14.3 Å². The Hall–Kier alpha value is -1.76. The van der Waals surface area contributed by atoms with Crippen LogP contribution in [0.25, 0.3) is 0 Å². The third-order valence-corrected chi connectivity index (χ3v) is 3.81. The maximum Gasteiger partial charge on any atom is 0.265 e. The first-order chi connectivity index (χ1) is 10.6. The van der Waals surface area contributed by atoms with Crippen LogP contribution in [-0.4, -0.2) is 19.1 Å². The molecular weight excluding hydrogens is 393 g/mol. The fraction of sp³-hybridized carbons (Fsp3) is 0.235. The number of ether oxygens (including phenoxy) is 2. The van der Waals surface area contributed by atoms with Crippen LogP contribution in [0.15, 0.2) is 48.5 Å². The van der Waals surface area contributed by atoms with Crippen LogP contribution in [0, 0.1) is 3.57 Å². The molecule has 0 aliphatic carbocycles. The van der Waals surface area contributed by atoms with Crippen LogP contribution >= 0.6 is 22.6 Å². The molecular formula is C17H18INO3. The van der Waals surface area contributed by atoms with Gasteiger partial charge in [0.15, 0.2) is 6.10 Å². The van der Waals surface area contributed by atoms with Gasteiger partial charge in [-0.15, -0.1) is 0 Å². The Morgan fingerprint density at radius 2 is 1.86 bits per heavy atom. The topological polar surface area (TPSA) is 47.6 Å². The van der Waals surface area contributed by atoms with Gasteiger partial charge in [-0.3, -0.25) is 4.79 Å². The molecule has 2 aromatic rings. The van der Waals surface area contributed by atoms with Crippen molar-refractivity contribution in [2.75, 3.05) is 12.4 Å². The molecule has 1 N–H and O–H groups in total. The quantitative estimate of drug-likeness (QED) is 0.729. The molecule has 0 saturated carbocycles. The van der Waals surface area contributed by atoms with Gasteiger partial charge in [-0.05, 0) is 65.4 Å². The number of methoxy groups -OCH3 is 1. The molecule has 2 aromatic carbocycles. The van der Waals surface area contributed by atoms with Gasteiger partial charge in [0, 0.05) is 15.3 Å². The van der Waals surface area contributed by atoms with Crippen molar-refractivity contribution in [1.82, 2.24) is 0 Å². The molecule has 0 bridgehead atoms. The summed E-state index contributed by atoms with van der Waals surface area (Å²) in [5.74, 6) is 1.15. The summed E-state index contributed by atoms with van der Waals surface area (Å²) in [6.07, 6.45) is 0.0272. The molecule has 0 heterocycles. The van der Waals surface area contributed by atoms with Crippen molar-refractivity contribution in [1.29, 1.82) is 0 Å². The van der Waals surface area contributed by atoms with E-state index in [2.05, 4.69) is 27.9 Å². The van der Waals surface area contributed by atoms with Crippen molar-refractivity contribution >= 4 is 34.2 Å². The number of benzene rings is 2. The molecule has 1 unspecified atom stereocenters. The van der Waals surface area contributed by atoms with E-state index in [1.807, 2.05) is 49.4 Å². The van der Waals surface area contributed by atoms with E-state index >= 15 is 0 Å². The Kier molecular flexibility index (Phi) is 6.06. The lowest BCUT2D eigenvalue weighted by Gasteiger charge is -2.17. The molecule has 22 heavy (non-hydrogen) atoms. The molecule has 2 rings (SSSR count). The van der Waals surface area contributed by atoms with Gasteiger partial charge in [0.05, 0.1) is 7.11 Å². The molecule has 0 spiro atoms. The maximum atomic E-state index is 12.3. The molecule has 0 aliphatic heterocycles. The van der Waals surface area contributed by atoms with E-state index in [9.17, 15) is 4.79 Å². The molecule has 4 nitrogen and oxygen atoms in total. The Bertz CT molecular complexity index is 628. The van der Waals surface area contributed by atoms with E-state index in [0.29, 0.717) is 17.9 Å². The van der Waals surface area contributed by atoms with E-state index in [4.69, 9.17) is 9.47 Å². The number of carbonyl (C=O) groups excluding carboxylic acids is 1. The molecule has 1 atom stereocenters. The second-order valence-corrected chi connectivity index (χ2v) is 5.94. The standard InChI is InChI=1S/C17H18INO3/c1-3-16(22-15-6-4-5-14(11-15)21-2)17(20)19-13-9-7-12(18)8-10-13/h4-11,16H,3H2,1-2H3,(H,19,20). The fourth-order valence-electron chi connectivity index (χ4n) is 1.92. The van der Waals surface area contributed by atoms with Crippen LogP contribution in [0.3, 0.4) is 0 Å². The highest BCUT2D eigenvalue weighted by molar-refractivity contribution is 14.1. The summed E-state index contributed by atoms with van der Waals surface area (Å²) in [5.41, 5.74) is 0.762. The van der Waals surface area contributed by atoms with Gasteiger partial charge in [0.1, 0.15) is 11.5 Å². The number of halogens is 1. The normalized spacial score (nSPS) is 11.6. The molecule has 116 valence electrons. The average Bonchev–Trinajstić information content (AvgIpc) is 2.54. The van der Waals surface area contributed by atoms with Crippen LogP contribution in [0.5, 0.6) is 11.5 Å². The van der Waals surface area contributed by atoms with E-state index in [-0.39, 0.29) is 5.91 Å². The lowest BCUT2D eigenvalue weighted by molar-refractivity contribution is -0.122. The number of nitrogens with one attached hydrogen (secondary N) is 1. The summed E-state index contributed by atoms with van der Waals surface area (Å²) in [4.78, 5) is 12.3. The number of rotatable bonds is 6. The third-order valence-electron chi connectivity index (χ3n) is 3.09. The maximum absolute atomic E-state index is 12.3. The summed E-state index contributed by atoms with van der Waals surface area (Å²) in [7, 11) is 1.60. The summed E-state index contributed by atoms with van der Waals surface area (Å²) in [6.45, 7) is 1.92. The number of amides is 1. The van der Waals surface area contributed by atoms with Crippen molar-refractivity contribution in [2.24, 2.45) is 0 Å². The number of hydrogen-bond donors (Lipinski definition) is 1. The van der Waals surface area contributed by atoms with Gasteiger partial charge < -0.3 is 14.8 Å². The van der Waals surface area contributed by atoms with Gasteiger partial charge in [-0.1, -0.05) is 13.0 Å². The molecule has 0 aliphatic rings. The van der Waals surface area contributed by atoms with Crippen LogP contribution in [-0.2, 0) is 4.79 Å². The highest BCUT2D eigenvalue weighted by Gasteiger charge is 2.18. The predicted molar refractivity (Wildman–Crippen MR) is 95.5 cm³/mol. The fourth-order valence-corrected chi connectivity index (χ4v) is 2.28. The highest BCUT2D eigenvalue weighted by atomic mass is 127. The third kappa shape index (κ3) is 4.62. The number of hydrogen-bond acceptors (Lipinski definition) is 3. The lowest BCUT2D eigenvalue weighted by atomic mass is 10.2. The van der Waals surface area contributed by atoms with E-state index in [0.717, 1.165) is 9.26 Å². The van der Waals surface area contributed by atoms with Crippen LogP contribution < -0.4 is 14.8 Å². The minimum Gasteiger partial charge on any atom is -0.497 e. The SMILES string of the molecule is CCC(Oc1cccc(OC)c1)C(=O)Nc1ccc(I)cc1. The lowest BCUT2D eigenvalue weighted by Crippen LogP contribution is -2.32. The second-order valence-electron chi connectivity index (χ2n) is 4.69. The predicted octanol–water partition coefficient (Wildman–Crippen LogP) is 4.10. The van der Waals surface area contributed by atoms with Crippen LogP contribution in [0.1, 0.15) is 13.3 Å². The zero-order chi connectivity index (χ0) is 15.9. The zero-order valence-corrected chi connectivity index (χ0v) is 14.7. The Balaban J connectivity index is 2.03. The smallest absolute Gasteiger partial charge is 0.265 e. The van der Waals surface area contributed by atoms with E-state index in [1.54, 1.807) is 13.2 Å². The highest BCUT2D eigenvalue weighted by Crippen LogP contribution is 2.21. The largest absolute Gasteiger partial charge is 0.497 e. The van der Waals surface area contributed by atoms with Crippen molar-refractivity contribution in [3.8, 4) is 11.5 Å². The average molecular weight is 411 g/mol. The second kappa shape index (κ2) is 8.03. The number of carbonyl (C=O) groups is 1. The van der Waals surface area contributed by atoms with Gasteiger partial charge in [0.25, 0.3) is 5.91 Å². The van der Waals surface area contributed by atoms with Crippen molar-refractivity contribution in [3.05, 3.63) is 52.1 Å². The van der Waals surface area contributed by atoms with Gasteiger partial charge in [-0.25, -0.2) is 0 Å². The van der Waals surface area contributed by atoms with Crippen LogP contribution in [0.4, 0.5) is 5.69 Å². The summed E-state index contributed by atoms with van der Waals surface area (Å²) in [6, 6.07) is 14.9. The monoisotopic (exact) mass is 411 g/mol. The van der Waals surface area contributed by atoms with Gasteiger partial charge >= 0.3 is 0 Å². The first-order valence-electron chi connectivity index (χ1n) is 6.99. The van der Waals surface area contributed by atoms with Gasteiger partial charge in [0.2, 0.25) is 0 Å². The first kappa shape index (κ1) is 16.6. The summed E-state index contributed by atoms with van der Waals surface area (Å²) < 4.78 is 12.0. The molecule has 1 amide bonds. The minimum atomic E-state index is -0.550. The van der Waals surface area contributed by atoms with Gasteiger partial charge in [-0.2, -0.15) is 0 Å².